The summed E-state index contributed by atoms with van der Waals surface area (Å²) in [6.45, 7) is 4.01. The molecule has 1 N–H and O–H groups in total. The Hall–Kier alpha value is -4.14. The van der Waals surface area contributed by atoms with Crippen molar-refractivity contribution in [1.82, 2.24) is 24.8 Å². The number of piperazine rings is 1. The largest absolute Gasteiger partial charge is 0.573 e. The zero-order chi connectivity index (χ0) is 26.0. The number of hydrogen-bond acceptors (Lipinski definition) is 10. The first-order valence-electron chi connectivity index (χ1n) is 11.5. The molecule has 15 heteroatoms. The first-order chi connectivity index (χ1) is 17.7. The van der Waals surface area contributed by atoms with E-state index in [-0.39, 0.29) is 23.6 Å². The van der Waals surface area contributed by atoms with E-state index in [9.17, 15) is 23.3 Å². The van der Waals surface area contributed by atoms with Crippen molar-refractivity contribution in [1.29, 1.82) is 0 Å². The molecule has 0 amide bonds. The van der Waals surface area contributed by atoms with Crippen molar-refractivity contribution < 1.29 is 27.6 Å². The highest BCUT2D eigenvalue weighted by Crippen LogP contribution is 2.26. The Morgan fingerprint density at radius 1 is 1.11 bits per heavy atom. The van der Waals surface area contributed by atoms with Crippen LogP contribution in [0.2, 0.25) is 0 Å². The van der Waals surface area contributed by atoms with E-state index in [0.717, 1.165) is 11.3 Å². The third-order valence-electron chi connectivity index (χ3n) is 6.03. The van der Waals surface area contributed by atoms with Crippen molar-refractivity contribution in [3.8, 4) is 11.8 Å². The quantitative estimate of drug-likeness (QED) is 0.367. The van der Waals surface area contributed by atoms with Crippen LogP contribution in [0.1, 0.15) is 5.56 Å². The van der Waals surface area contributed by atoms with Gasteiger partial charge in [-0.1, -0.05) is 0 Å². The zero-order valence-electron chi connectivity index (χ0n) is 19.5. The summed E-state index contributed by atoms with van der Waals surface area (Å²) in [5.41, 5.74) is 1.70. The van der Waals surface area contributed by atoms with Gasteiger partial charge in [0.15, 0.2) is 0 Å². The standard InChI is InChI=1S/C22H23F3N8O4/c23-22(24,25)37-18-3-1-17(2-4-18)30-5-7-31(8-6-30)20-27-10-15(11-28-20)9-26-16-12-32-13-19(33(34)35)29-21(32)36-14-16/h1-4,10-11,13,16,26H,5-9,12,14H2. The molecule has 2 aromatic heterocycles. The van der Waals surface area contributed by atoms with Crippen LogP contribution in [0.15, 0.2) is 42.9 Å². The molecule has 12 nitrogen and oxygen atoms in total. The van der Waals surface area contributed by atoms with Crippen molar-refractivity contribution in [2.75, 3.05) is 42.6 Å². The van der Waals surface area contributed by atoms with Crippen molar-refractivity contribution in [3.63, 3.8) is 0 Å². The van der Waals surface area contributed by atoms with Gasteiger partial charge in [0.1, 0.15) is 18.6 Å². The molecule has 196 valence electrons. The van der Waals surface area contributed by atoms with Crippen LogP contribution in [-0.2, 0) is 13.1 Å². The number of alkyl halides is 3. The summed E-state index contributed by atoms with van der Waals surface area (Å²) in [4.78, 5) is 27.3. The van der Waals surface area contributed by atoms with E-state index >= 15 is 0 Å². The van der Waals surface area contributed by atoms with E-state index in [2.05, 4.69) is 34.8 Å². The number of ether oxygens (including phenoxy) is 2. The van der Waals surface area contributed by atoms with Crippen LogP contribution < -0.4 is 24.6 Å². The van der Waals surface area contributed by atoms with Gasteiger partial charge < -0.3 is 34.7 Å². The van der Waals surface area contributed by atoms with Crippen LogP contribution in [0.25, 0.3) is 0 Å². The molecule has 2 aliphatic rings. The number of nitrogens with one attached hydrogen (secondary N) is 1. The lowest BCUT2D eigenvalue weighted by molar-refractivity contribution is -0.389. The Bertz CT molecular complexity index is 1230. The molecule has 1 aromatic carbocycles. The maximum absolute atomic E-state index is 12.3. The molecule has 1 atom stereocenters. The van der Waals surface area contributed by atoms with Gasteiger partial charge in [0, 0.05) is 67.9 Å². The van der Waals surface area contributed by atoms with Gasteiger partial charge in [-0.15, -0.1) is 13.2 Å². The SMILES string of the molecule is O=[N+]([O-])c1cn2c(n1)OCC(NCc1cnc(N3CCN(c4ccc(OC(F)(F)F)cc4)CC3)nc1)C2. The van der Waals surface area contributed by atoms with Gasteiger partial charge >= 0.3 is 18.2 Å². The number of aromatic nitrogens is 4. The number of anilines is 2. The molecule has 1 unspecified atom stereocenters. The average molecular weight is 520 g/mol. The Morgan fingerprint density at radius 2 is 1.78 bits per heavy atom. The molecule has 0 saturated carbocycles. The van der Waals surface area contributed by atoms with Gasteiger partial charge in [-0.3, -0.25) is 4.57 Å². The highest BCUT2D eigenvalue weighted by Gasteiger charge is 2.31. The van der Waals surface area contributed by atoms with Crippen molar-refractivity contribution >= 4 is 17.5 Å². The number of halogens is 3. The molecule has 0 aliphatic carbocycles. The molecule has 0 spiro atoms. The topological polar surface area (TPSA) is 124 Å². The normalized spacial score (nSPS) is 17.8. The summed E-state index contributed by atoms with van der Waals surface area (Å²) < 4.78 is 48.1. The van der Waals surface area contributed by atoms with Gasteiger partial charge in [-0.05, 0) is 29.2 Å². The van der Waals surface area contributed by atoms with Gasteiger partial charge in [0.2, 0.25) is 5.95 Å². The Morgan fingerprint density at radius 3 is 2.43 bits per heavy atom. The van der Waals surface area contributed by atoms with Gasteiger partial charge in [-0.2, -0.15) is 0 Å². The van der Waals surface area contributed by atoms with Crippen molar-refractivity contribution in [2.45, 2.75) is 25.5 Å². The number of imidazole rings is 1. The molecule has 0 bridgehead atoms. The summed E-state index contributed by atoms with van der Waals surface area (Å²) in [5, 5.41) is 14.2. The molecule has 37 heavy (non-hydrogen) atoms. The van der Waals surface area contributed by atoms with E-state index in [1.54, 1.807) is 29.1 Å². The molecule has 4 heterocycles. The van der Waals surface area contributed by atoms with Gasteiger partial charge in [0.25, 0.3) is 0 Å². The number of hydrogen-bond donors (Lipinski definition) is 1. The molecular weight excluding hydrogens is 497 g/mol. The molecule has 2 aliphatic heterocycles. The van der Waals surface area contributed by atoms with Crippen LogP contribution in [0.5, 0.6) is 11.8 Å². The lowest BCUT2D eigenvalue weighted by Crippen LogP contribution is -2.47. The van der Waals surface area contributed by atoms with Crippen LogP contribution in [0, 0.1) is 10.1 Å². The maximum Gasteiger partial charge on any atom is 0.573 e. The number of rotatable bonds is 7. The smallest absolute Gasteiger partial charge is 0.444 e. The second-order valence-corrected chi connectivity index (χ2v) is 8.59. The Labute approximate surface area is 208 Å². The van der Waals surface area contributed by atoms with Crippen LogP contribution in [0.3, 0.4) is 0 Å². The highest BCUT2D eigenvalue weighted by molar-refractivity contribution is 5.50. The number of nitrogens with zero attached hydrogens (tertiary/aromatic N) is 7. The fourth-order valence-corrected chi connectivity index (χ4v) is 4.20. The summed E-state index contributed by atoms with van der Waals surface area (Å²) in [6.07, 6.45) is 0.146. The maximum atomic E-state index is 12.3. The van der Waals surface area contributed by atoms with E-state index in [1.165, 1.54) is 18.3 Å². The van der Waals surface area contributed by atoms with Crippen LogP contribution in [-0.4, -0.2) is 69.6 Å². The molecule has 1 fully saturated rings. The lowest BCUT2D eigenvalue weighted by atomic mass is 10.2. The molecule has 0 radical (unpaired) electrons. The van der Waals surface area contributed by atoms with Crippen LogP contribution >= 0.6 is 0 Å². The van der Waals surface area contributed by atoms with E-state index in [1.807, 2.05) is 0 Å². The Balaban J connectivity index is 1.09. The predicted molar refractivity (Wildman–Crippen MR) is 125 cm³/mol. The molecule has 1 saturated heterocycles. The van der Waals surface area contributed by atoms with E-state index < -0.39 is 11.3 Å². The molecule has 3 aromatic rings. The fraction of sp³-hybridized carbons (Fsp3) is 0.409. The second-order valence-electron chi connectivity index (χ2n) is 8.59. The summed E-state index contributed by atoms with van der Waals surface area (Å²) in [5.74, 6) is 0.118. The average Bonchev–Trinajstić information content (AvgIpc) is 3.32. The molecule has 5 rings (SSSR count). The van der Waals surface area contributed by atoms with Crippen molar-refractivity contribution in [3.05, 3.63) is 58.5 Å². The summed E-state index contributed by atoms with van der Waals surface area (Å²) in [6, 6.07) is 6.03. The minimum absolute atomic E-state index is 0.0526. The number of fused-ring (bicyclic) bond motifs is 1. The summed E-state index contributed by atoms with van der Waals surface area (Å²) in [7, 11) is 0. The monoisotopic (exact) mass is 520 g/mol. The zero-order valence-corrected chi connectivity index (χ0v) is 19.5. The third-order valence-corrected chi connectivity index (χ3v) is 6.03. The fourth-order valence-electron chi connectivity index (χ4n) is 4.20. The Kier molecular flexibility index (Phi) is 6.69. The summed E-state index contributed by atoms with van der Waals surface area (Å²) >= 11 is 0. The van der Waals surface area contributed by atoms with E-state index in [4.69, 9.17) is 4.74 Å². The van der Waals surface area contributed by atoms with Gasteiger partial charge in [-0.25, -0.2) is 9.97 Å². The first-order valence-corrected chi connectivity index (χ1v) is 11.5. The lowest BCUT2D eigenvalue weighted by Gasteiger charge is -2.36. The minimum atomic E-state index is -4.71. The number of nitro groups is 1. The molecular formula is C22H23F3N8O4. The van der Waals surface area contributed by atoms with Gasteiger partial charge in [0.05, 0.1) is 6.04 Å². The predicted octanol–water partition coefficient (Wildman–Crippen LogP) is 2.36. The minimum Gasteiger partial charge on any atom is -0.444 e. The first kappa shape index (κ1) is 24.5. The second kappa shape index (κ2) is 10.1. The van der Waals surface area contributed by atoms with Crippen LogP contribution in [0.4, 0.5) is 30.6 Å². The number of benzene rings is 1. The highest BCUT2D eigenvalue weighted by atomic mass is 19.4. The van der Waals surface area contributed by atoms with Crippen molar-refractivity contribution in [2.24, 2.45) is 0 Å². The third kappa shape index (κ3) is 5.99. The van der Waals surface area contributed by atoms with E-state index in [0.29, 0.717) is 51.8 Å².